The molecule has 0 fully saturated rings. The van der Waals surface area contributed by atoms with Crippen LogP contribution < -0.4 is 4.74 Å². The normalized spacial score (nSPS) is 10.8. The molecule has 0 radical (unpaired) electrons. The van der Waals surface area contributed by atoms with Gasteiger partial charge in [0.2, 0.25) is 5.16 Å². The van der Waals surface area contributed by atoms with E-state index in [0.717, 1.165) is 10.4 Å². The van der Waals surface area contributed by atoms with Crippen LogP contribution in [0.5, 0.6) is 5.75 Å². The number of hydrogen-bond donors (Lipinski definition) is 0. The van der Waals surface area contributed by atoms with Crippen molar-refractivity contribution in [2.45, 2.75) is 18.6 Å². The van der Waals surface area contributed by atoms with Crippen molar-refractivity contribution in [1.82, 2.24) is 20.2 Å². The fourth-order valence-corrected chi connectivity index (χ4v) is 3.64. The third-order valence-electron chi connectivity index (χ3n) is 3.37. The number of nitrogens with zero attached hydrogens (tertiary/aromatic N) is 4. The van der Waals surface area contributed by atoms with Gasteiger partial charge in [-0.1, -0.05) is 29.5 Å². The molecule has 2 aromatic heterocycles. The quantitative estimate of drug-likeness (QED) is 0.476. The van der Waals surface area contributed by atoms with Crippen molar-refractivity contribution in [3.05, 3.63) is 51.7 Å². The average molecular weight is 360 g/mol. The first kappa shape index (κ1) is 16.7. The number of aromatic nitrogens is 4. The molecule has 0 amide bonds. The fraction of sp³-hybridized carbons (Fsp3) is 0.250. The number of methoxy groups -OCH3 is 1. The summed E-state index contributed by atoms with van der Waals surface area (Å²) in [7, 11) is 1.57. The zero-order valence-electron chi connectivity index (χ0n) is 13.3. The van der Waals surface area contributed by atoms with Crippen molar-refractivity contribution in [2.75, 3.05) is 12.9 Å². The van der Waals surface area contributed by atoms with E-state index in [0.29, 0.717) is 23.0 Å². The van der Waals surface area contributed by atoms with Crippen LogP contribution in [0.1, 0.15) is 20.8 Å². The third kappa shape index (κ3) is 3.82. The Balaban J connectivity index is 1.69. The third-order valence-corrected chi connectivity index (χ3v) is 5.19. The molecule has 0 spiro atoms. The van der Waals surface area contributed by atoms with Crippen molar-refractivity contribution in [1.29, 1.82) is 0 Å². The molecule has 0 aliphatic carbocycles. The minimum absolute atomic E-state index is 0.00813. The monoisotopic (exact) mass is 360 g/mol. The van der Waals surface area contributed by atoms with Gasteiger partial charge in [-0.15, -0.1) is 16.4 Å². The Morgan fingerprint density at radius 3 is 3.00 bits per heavy atom. The van der Waals surface area contributed by atoms with Crippen LogP contribution in [0.4, 0.5) is 0 Å². The number of rotatable bonds is 7. The summed E-state index contributed by atoms with van der Waals surface area (Å²) in [5.41, 5.74) is 1.61. The second-order valence-corrected chi connectivity index (χ2v) is 7.09. The van der Waals surface area contributed by atoms with E-state index in [1.54, 1.807) is 23.1 Å². The lowest BCUT2D eigenvalue weighted by Gasteiger charge is -2.08. The smallest absolute Gasteiger partial charge is 0.210 e. The lowest BCUT2D eigenvalue weighted by molar-refractivity contribution is 0.101. The molecule has 0 N–H and O–H groups in total. The summed E-state index contributed by atoms with van der Waals surface area (Å²) in [6.45, 7) is 2.56. The molecule has 3 aromatic rings. The molecule has 0 saturated heterocycles. The van der Waals surface area contributed by atoms with Gasteiger partial charge in [-0.05, 0) is 40.9 Å². The standard InChI is InChI=1S/C16H16N4O2S2/c1-11-5-6-15(22-2)13(8-11)14(21)10-24-16-17-18-19-20(16)9-12-4-3-7-23-12/h3-8H,9-10H2,1-2H3. The highest BCUT2D eigenvalue weighted by molar-refractivity contribution is 7.99. The van der Waals surface area contributed by atoms with E-state index in [-0.39, 0.29) is 11.5 Å². The van der Waals surface area contributed by atoms with Crippen molar-refractivity contribution in [3.63, 3.8) is 0 Å². The number of aryl methyl sites for hydroxylation is 1. The van der Waals surface area contributed by atoms with E-state index in [1.807, 2.05) is 42.6 Å². The summed E-state index contributed by atoms with van der Waals surface area (Å²) in [5, 5.41) is 14.4. The van der Waals surface area contributed by atoms with Gasteiger partial charge in [0, 0.05) is 4.88 Å². The van der Waals surface area contributed by atoms with Crippen molar-refractivity contribution >= 4 is 28.9 Å². The number of carbonyl (C=O) groups excluding carboxylic acids is 1. The van der Waals surface area contributed by atoms with Crippen molar-refractivity contribution < 1.29 is 9.53 Å². The predicted molar refractivity (Wildman–Crippen MR) is 94.0 cm³/mol. The number of tetrazole rings is 1. The van der Waals surface area contributed by atoms with Gasteiger partial charge in [0.05, 0.1) is 25.0 Å². The number of thioether (sulfide) groups is 1. The van der Waals surface area contributed by atoms with Gasteiger partial charge in [-0.3, -0.25) is 4.79 Å². The van der Waals surface area contributed by atoms with Crippen molar-refractivity contribution in [3.8, 4) is 5.75 Å². The van der Waals surface area contributed by atoms with Gasteiger partial charge in [0.25, 0.3) is 0 Å². The van der Waals surface area contributed by atoms with Gasteiger partial charge >= 0.3 is 0 Å². The first-order valence-electron chi connectivity index (χ1n) is 7.26. The highest BCUT2D eigenvalue weighted by Crippen LogP contribution is 2.24. The summed E-state index contributed by atoms with van der Waals surface area (Å²) in [6.07, 6.45) is 0. The van der Waals surface area contributed by atoms with E-state index in [1.165, 1.54) is 11.8 Å². The first-order valence-corrected chi connectivity index (χ1v) is 9.13. The van der Waals surface area contributed by atoms with Crippen LogP contribution in [-0.4, -0.2) is 38.9 Å². The maximum atomic E-state index is 12.5. The van der Waals surface area contributed by atoms with Crippen LogP contribution in [0.2, 0.25) is 0 Å². The number of thiophene rings is 1. The van der Waals surface area contributed by atoms with E-state index >= 15 is 0 Å². The molecule has 2 heterocycles. The maximum Gasteiger partial charge on any atom is 0.210 e. The molecule has 3 rings (SSSR count). The van der Waals surface area contributed by atoms with E-state index in [2.05, 4.69) is 15.5 Å². The SMILES string of the molecule is COc1ccc(C)cc1C(=O)CSc1nnnn1Cc1cccs1. The molecule has 24 heavy (non-hydrogen) atoms. The lowest BCUT2D eigenvalue weighted by atomic mass is 10.1. The number of carbonyl (C=O) groups is 1. The number of hydrogen-bond acceptors (Lipinski definition) is 7. The molecule has 1 aromatic carbocycles. The minimum Gasteiger partial charge on any atom is -0.496 e. The first-order chi connectivity index (χ1) is 11.7. The van der Waals surface area contributed by atoms with Crippen LogP contribution in [0, 0.1) is 6.92 Å². The number of benzene rings is 1. The van der Waals surface area contributed by atoms with Gasteiger partial charge in [0.1, 0.15) is 5.75 Å². The largest absolute Gasteiger partial charge is 0.496 e. The summed E-state index contributed by atoms with van der Waals surface area (Å²) in [4.78, 5) is 13.7. The molecule has 0 atom stereocenters. The Kier molecular flexibility index (Phi) is 5.27. The second kappa shape index (κ2) is 7.59. The van der Waals surface area contributed by atoms with E-state index in [9.17, 15) is 4.79 Å². The number of ether oxygens (including phenoxy) is 1. The summed E-state index contributed by atoms with van der Waals surface area (Å²) in [5.74, 6) is 0.834. The van der Waals surface area contributed by atoms with E-state index < -0.39 is 0 Å². The van der Waals surface area contributed by atoms with E-state index in [4.69, 9.17) is 4.74 Å². The minimum atomic E-state index is -0.00813. The highest BCUT2D eigenvalue weighted by atomic mass is 32.2. The second-order valence-electron chi connectivity index (χ2n) is 5.11. The Morgan fingerprint density at radius 2 is 2.25 bits per heavy atom. The van der Waals surface area contributed by atoms with Gasteiger partial charge in [-0.25, -0.2) is 4.68 Å². The maximum absolute atomic E-state index is 12.5. The highest BCUT2D eigenvalue weighted by Gasteiger charge is 2.15. The fourth-order valence-electron chi connectivity index (χ4n) is 2.20. The Labute approximate surface area is 147 Å². The molecule has 0 saturated carbocycles. The molecular weight excluding hydrogens is 344 g/mol. The predicted octanol–water partition coefficient (Wildman–Crippen LogP) is 3.07. The molecule has 0 bridgehead atoms. The zero-order chi connectivity index (χ0) is 16.9. The molecule has 0 aliphatic heterocycles. The Bertz CT molecular complexity index is 830. The Hall–Kier alpha value is -2.19. The number of ketones is 1. The van der Waals surface area contributed by atoms with Crippen LogP contribution in [-0.2, 0) is 6.54 Å². The van der Waals surface area contributed by atoms with Crippen LogP contribution in [0.15, 0.2) is 40.9 Å². The van der Waals surface area contributed by atoms with Crippen LogP contribution in [0.3, 0.4) is 0 Å². The molecule has 8 heteroatoms. The average Bonchev–Trinajstić information content (AvgIpc) is 3.25. The molecule has 0 aliphatic rings. The zero-order valence-corrected chi connectivity index (χ0v) is 14.9. The van der Waals surface area contributed by atoms with Gasteiger partial charge < -0.3 is 4.74 Å². The van der Waals surface area contributed by atoms with Crippen LogP contribution >= 0.6 is 23.1 Å². The topological polar surface area (TPSA) is 69.9 Å². The van der Waals surface area contributed by atoms with Gasteiger partial charge in [-0.2, -0.15) is 0 Å². The summed E-state index contributed by atoms with van der Waals surface area (Å²) in [6, 6.07) is 9.60. The molecular formula is C16H16N4O2S2. The molecule has 0 unspecified atom stereocenters. The summed E-state index contributed by atoms with van der Waals surface area (Å²) < 4.78 is 6.98. The molecule has 124 valence electrons. The van der Waals surface area contributed by atoms with Crippen molar-refractivity contribution in [2.24, 2.45) is 0 Å². The summed E-state index contributed by atoms with van der Waals surface area (Å²) >= 11 is 2.98. The Morgan fingerprint density at radius 1 is 1.38 bits per heavy atom. The van der Waals surface area contributed by atoms with Crippen LogP contribution in [0.25, 0.3) is 0 Å². The molecule has 6 nitrogen and oxygen atoms in total. The van der Waals surface area contributed by atoms with Gasteiger partial charge in [0.15, 0.2) is 5.78 Å². The number of Topliss-reactive ketones (excluding diaryl/α,β-unsaturated/α-hetero) is 1. The lowest BCUT2D eigenvalue weighted by Crippen LogP contribution is -2.08.